The Kier molecular flexibility index (Phi) is 7.55. The van der Waals surface area contributed by atoms with Gasteiger partial charge >= 0.3 is 0 Å². The molecule has 1 aromatic carbocycles. The first-order valence-corrected chi connectivity index (χ1v) is 7.35. The van der Waals surface area contributed by atoms with Gasteiger partial charge in [-0.3, -0.25) is 0 Å². The first-order valence-electron chi connectivity index (χ1n) is 7.35. The van der Waals surface area contributed by atoms with E-state index in [0.29, 0.717) is 6.61 Å². The zero-order valence-electron chi connectivity index (χ0n) is 13.1. The largest absolute Gasteiger partial charge is 0.493 e. The van der Waals surface area contributed by atoms with Crippen LogP contribution in [0.1, 0.15) is 38.3 Å². The maximum absolute atomic E-state index is 13.4. The highest BCUT2D eigenvalue weighted by molar-refractivity contribution is 5.36. The number of rotatable bonds is 9. The average Bonchev–Trinajstić information content (AvgIpc) is 2.41. The van der Waals surface area contributed by atoms with Gasteiger partial charge in [0.15, 0.2) is 0 Å². The number of nitrogens with one attached hydrogen (secondary N) is 1. The molecule has 1 unspecified atom stereocenters. The second-order valence-corrected chi connectivity index (χ2v) is 5.36. The fourth-order valence-corrected chi connectivity index (χ4v) is 2.02. The molecule has 0 saturated heterocycles. The van der Waals surface area contributed by atoms with Gasteiger partial charge in [0.2, 0.25) is 0 Å². The molecule has 0 aliphatic carbocycles. The molecule has 0 spiro atoms. The van der Waals surface area contributed by atoms with E-state index in [4.69, 9.17) is 4.74 Å². The molecule has 1 N–H and O–H groups in total. The van der Waals surface area contributed by atoms with Crippen molar-refractivity contribution in [3.63, 3.8) is 0 Å². The number of hydrogen-bond acceptors (Lipinski definition) is 3. The van der Waals surface area contributed by atoms with E-state index >= 15 is 0 Å². The molecule has 1 rings (SSSR count). The third-order valence-corrected chi connectivity index (χ3v) is 3.15. The number of hydrogen-bond donors (Lipinski definition) is 1. The monoisotopic (exact) mass is 282 g/mol. The Labute approximate surface area is 122 Å². The van der Waals surface area contributed by atoms with Crippen LogP contribution in [0.3, 0.4) is 0 Å². The van der Waals surface area contributed by atoms with Gasteiger partial charge in [-0.05, 0) is 58.6 Å². The lowest BCUT2D eigenvalue weighted by molar-refractivity contribution is 0.277. The van der Waals surface area contributed by atoms with Crippen molar-refractivity contribution in [3.8, 4) is 5.75 Å². The summed E-state index contributed by atoms with van der Waals surface area (Å²) in [4.78, 5) is 2.13. The predicted octanol–water partition coefficient (Wildman–Crippen LogP) is 3.22. The lowest BCUT2D eigenvalue weighted by Gasteiger charge is -2.18. The van der Waals surface area contributed by atoms with Crippen molar-refractivity contribution < 1.29 is 9.13 Å². The molecule has 1 atom stereocenters. The van der Waals surface area contributed by atoms with E-state index in [0.717, 1.165) is 37.2 Å². The Morgan fingerprint density at radius 3 is 2.75 bits per heavy atom. The van der Waals surface area contributed by atoms with Crippen LogP contribution in [0.2, 0.25) is 0 Å². The van der Waals surface area contributed by atoms with E-state index in [1.807, 2.05) is 21.0 Å². The summed E-state index contributed by atoms with van der Waals surface area (Å²) in [7, 11) is 4.08. The molecule has 1 aromatic rings. The molecule has 4 heteroatoms. The highest BCUT2D eigenvalue weighted by Gasteiger charge is 2.12. The minimum Gasteiger partial charge on any atom is -0.493 e. The lowest BCUT2D eigenvalue weighted by atomic mass is 10.1. The van der Waals surface area contributed by atoms with Gasteiger partial charge in [0, 0.05) is 18.2 Å². The van der Waals surface area contributed by atoms with Crippen molar-refractivity contribution in [1.82, 2.24) is 10.2 Å². The predicted molar refractivity (Wildman–Crippen MR) is 81.8 cm³/mol. The Morgan fingerprint density at radius 1 is 1.35 bits per heavy atom. The molecule has 0 aliphatic heterocycles. The van der Waals surface area contributed by atoms with Gasteiger partial charge < -0.3 is 15.0 Å². The normalized spacial score (nSPS) is 12.7. The summed E-state index contributed by atoms with van der Waals surface area (Å²) in [5, 5.41) is 3.37. The molecular weight excluding hydrogens is 255 g/mol. The molecular formula is C16H27FN2O. The SMILES string of the molecule is CCCNC(C)c1cc(F)ccc1OCCCN(C)C. The van der Waals surface area contributed by atoms with Crippen LogP contribution in [0.25, 0.3) is 0 Å². The smallest absolute Gasteiger partial charge is 0.124 e. The highest BCUT2D eigenvalue weighted by atomic mass is 19.1. The van der Waals surface area contributed by atoms with E-state index in [2.05, 4.69) is 17.1 Å². The number of halogens is 1. The molecule has 0 bridgehead atoms. The van der Waals surface area contributed by atoms with Crippen LogP contribution in [0.4, 0.5) is 4.39 Å². The molecule has 0 heterocycles. The van der Waals surface area contributed by atoms with E-state index in [9.17, 15) is 4.39 Å². The van der Waals surface area contributed by atoms with E-state index in [-0.39, 0.29) is 11.9 Å². The molecule has 20 heavy (non-hydrogen) atoms. The zero-order valence-corrected chi connectivity index (χ0v) is 13.1. The fraction of sp³-hybridized carbons (Fsp3) is 0.625. The van der Waals surface area contributed by atoms with E-state index < -0.39 is 0 Å². The first-order chi connectivity index (χ1) is 9.54. The van der Waals surface area contributed by atoms with Crippen LogP contribution in [0, 0.1) is 5.82 Å². The standard InChI is InChI=1S/C16H27FN2O/c1-5-9-18-13(2)15-12-14(17)7-8-16(15)20-11-6-10-19(3)4/h7-8,12-13,18H,5-6,9-11H2,1-4H3. The van der Waals surface area contributed by atoms with Crippen LogP contribution in [-0.2, 0) is 0 Å². The lowest BCUT2D eigenvalue weighted by Crippen LogP contribution is -2.20. The molecule has 0 aliphatic rings. The summed E-state index contributed by atoms with van der Waals surface area (Å²) in [6, 6.07) is 4.84. The fourth-order valence-electron chi connectivity index (χ4n) is 2.02. The first kappa shape index (κ1) is 16.9. The molecule has 0 amide bonds. The number of benzene rings is 1. The summed E-state index contributed by atoms with van der Waals surface area (Å²) in [5.74, 6) is 0.562. The van der Waals surface area contributed by atoms with E-state index in [1.54, 1.807) is 12.1 Å². The van der Waals surface area contributed by atoms with Crippen LogP contribution in [-0.4, -0.2) is 38.7 Å². The molecule has 0 fully saturated rings. The van der Waals surface area contributed by atoms with Gasteiger partial charge in [0.25, 0.3) is 0 Å². The Hall–Kier alpha value is -1.13. The van der Waals surface area contributed by atoms with Gasteiger partial charge in [-0.25, -0.2) is 4.39 Å². The van der Waals surface area contributed by atoms with Gasteiger partial charge in [0.05, 0.1) is 6.61 Å². The second kappa shape index (κ2) is 8.93. The summed E-state index contributed by atoms with van der Waals surface area (Å²) in [6.07, 6.45) is 2.01. The zero-order chi connectivity index (χ0) is 15.0. The second-order valence-electron chi connectivity index (χ2n) is 5.36. The topological polar surface area (TPSA) is 24.5 Å². The van der Waals surface area contributed by atoms with E-state index in [1.165, 1.54) is 6.07 Å². The molecule has 0 aromatic heterocycles. The van der Waals surface area contributed by atoms with Crippen molar-refractivity contribution in [2.75, 3.05) is 33.8 Å². The summed E-state index contributed by atoms with van der Waals surface area (Å²) in [6.45, 7) is 6.70. The highest BCUT2D eigenvalue weighted by Crippen LogP contribution is 2.26. The van der Waals surface area contributed by atoms with Crippen molar-refractivity contribution in [3.05, 3.63) is 29.6 Å². The van der Waals surface area contributed by atoms with Gasteiger partial charge in [-0.15, -0.1) is 0 Å². The van der Waals surface area contributed by atoms with Crippen LogP contribution >= 0.6 is 0 Å². The quantitative estimate of drug-likeness (QED) is 0.704. The van der Waals surface area contributed by atoms with Gasteiger partial charge in [-0.1, -0.05) is 6.92 Å². The van der Waals surface area contributed by atoms with Crippen molar-refractivity contribution >= 4 is 0 Å². The van der Waals surface area contributed by atoms with Crippen molar-refractivity contribution in [2.45, 2.75) is 32.7 Å². The maximum Gasteiger partial charge on any atom is 0.124 e. The maximum atomic E-state index is 13.4. The minimum absolute atomic E-state index is 0.0921. The van der Waals surface area contributed by atoms with Gasteiger partial charge in [-0.2, -0.15) is 0 Å². The van der Waals surface area contributed by atoms with Crippen molar-refractivity contribution in [2.24, 2.45) is 0 Å². The van der Waals surface area contributed by atoms with Gasteiger partial charge in [0.1, 0.15) is 11.6 Å². The van der Waals surface area contributed by atoms with Crippen LogP contribution in [0.15, 0.2) is 18.2 Å². The Balaban J connectivity index is 2.64. The summed E-state index contributed by atoms with van der Waals surface area (Å²) < 4.78 is 19.2. The van der Waals surface area contributed by atoms with Crippen LogP contribution in [0.5, 0.6) is 5.75 Å². The minimum atomic E-state index is -0.217. The Bertz CT molecular complexity index is 396. The number of ether oxygens (including phenoxy) is 1. The van der Waals surface area contributed by atoms with Crippen molar-refractivity contribution in [1.29, 1.82) is 0 Å². The third kappa shape index (κ3) is 5.88. The molecule has 0 saturated carbocycles. The third-order valence-electron chi connectivity index (χ3n) is 3.15. The molecule has 3 nitrogen and oxygen atoms in total. The summed E-state index contributed by atoms with van der Waals surface area (Å²) >= 11 is 0. The van der Waals surface area contributed by atoms with Crippen LogP contribution < -0.4 is 10.1 Å². The Morgan fingerprint density at radius 2 is 2.10 bits per heavy atom. The average molecular weight is 282 g/mol. The summed E-state index contributed by atoms with van der Waals surface area (Å²) in [5.41, 5.74) is 0.892. The molecule has 0 radical (unpaired) electrons. The number of nitrogens with zero attached hydrogens (tertiary/aromatic N) is 1. The molecule has 114 valence electrons.